The van der Waals surface area contributed by atoms with Crippen LogP contribution in [-0.2, 0) is 9.59 Å². The molecule has 0 saturated carbocycles. The second kappa shape index (κ2) is 8.26. The molecule has 1 aliphatic heterocycles. The fourth-order valence-electron chi connectivity index (χ4n) is 4.02. The highest BCUT2D eigenvalue weighted by molar-refractivity contribution is 7.15. The molecule has 0 atom stereocenters. The summed E-state index contributed by atoms with van der Waals surface area (Å²) in [5.41, 5.74) is 2.32. The quantitative estimate of drug-likeness (QED) is 0.422. The first kappa shape index (κ1) is 20.9. The zero-order valence-electron chi connectivity index (χ0n) is 18.1. The van der Waals surface area contributed by atoms with Crippen LogP contribution in [0.15, 0.2) is 83.9 Å². The Balaban J connectivity index is 1.41. The Bertz CT molecular complexity index is 1710. The van der Waals surface area contributed by atoms with Crippen molar-refractivity contribution >= 4 is 45.1 Å². The molecule has 5 aromatic rings. The Hall–Kier alpha value is -4.70. The van der Waals surface area contributed by atoms with E-state index >= 15 is 0 Å². The molecular formula is C25H16N6O3S. The van der Waals surface area contributed by atoms with Crippen LogP contribution < -0.4 is 20.3 Å². The van der Waals surface area contributed by atoms with E-state index in [4.69, 9.17) is 0 Å². The highest BCUT2D eigenvalue weighted by Crippen LogP contribution is 2.35. The van der Waals surface area contributed by atoms with Crippen molar-refractivity contribution in [3.63, 3.8) is 0 Å². The van der Waals surface area contributed by atoms with Crippen molar-refractivity contribution in [2.24, 2.45) is 0 Å². The van der Waals surface area contributed by atoms with Gasteiger partial charge in [0.05, 0.1) is 11.3 Å². The minimum absolute atomic E-state index is 0.186. The van der Waals surface area contributed by atoms with Gasteiger partial charge in [0.15, 0.2) is 5.82 Å². The first-order valence-corrected chi connectivity index (χ1v) is 11.5. The van der Waals surface area contributed by atoms with E-state index < -0.39 is 11.5 Å². The number of thiazole rings is 1. The number of para-hydroxylation sites is 2. The molecule has 35 heavy (non-hydrogen) atoms. The number of carbonyl (C=O) groups is 2. The van der Waals surface area contributed by atoms with Crippen molar-refractivity contribution in [2.45, 2.75) is 0 Å². The van der Waals surface area contributed by atoms with Gasteiger partial charge in [-0.15, -0.1) is 5.10 Å². The number of nitrogens with one attached hydrogen (secondary N) is 1. The van der Waals surface area contributed by atoms with E-state index in [0.29, 0.717) is 33.3 Å². The number of fused-ring (bicyclic) bond motifs is 2. The van der Waals surface area contributed by atoms with Crippen molar-refractivity contribution < 1.29 is 9.59 Å². The van der Waals surface area contributed by atoms with Crippen LogP contribution in [0.1, 0.15) is 5.56 Å². The lowest BCUT2D eigenvalue weighted by Gasteiger charge is -2.16. The van der Waals surface area contributed by atoms with Crippen LogP contribution in [0.2, 0.25) is 0 Å². The minimum Gasteiger partial charge on any atom is -0.325 e. The van der Waals surface area contributed by atoms with Crippen LogP contribution in [0.5, 0.6) is 0 Å². The summed E-state index contributed by atoms with van der Waals surface area (Å²) in [6.45, 7) is -0.186. The Morgan fingerprint density at radius 2 is 1.77 bits per heavy atom. The van der Waals surface area contributed by atoms with Gasteiger partial charge in [0.2, 0.25) is 10.9 Å². The Labute approximate surface area is 202 Å². The van der Waals surface area contributed by atoms with Crippen molar-refractivity contribution in [3.05, 3.63) is 99.6 Å². The molecule has 9 nitrogen and oxygen atoms in total. The topological polar surface area (TPSA) is 110 Å². The van der Waals surface area contributed by atoms with Gasteiger partial charge in [-0.1, -0.05) is 47.7 Å². The van der Waals surface area contributed by atoms with Gasteiger partial charge >= 0.3 is 0 Å². The maximum atomic E-state index is 13.5. The molecule has 0 spiro atoms. The van der Waals surface area contributed by atoms with Gasteiger partial charge in [0.25, 0.3) is 11.5 Å². The van der Waals surface area contributed by atoms with Crippen molar-refractivity contribution in [3.8, 4) is 11.4 Å². The Kier molecular flexibility index (Phi) is 4.93. The zero-order chi connectivity index (χ0) is 23.9. The molecule has 170 valence electrons. The number of rotatable bonds is 4. The molecule has 0 aliphatic carbocycles. The lowest BCUT2D eigenvalue weighted by molar-refractivity contribution is -0.118. The third-order valence-corrected chi connectivity index (χ3v) is 6.62. The SMILES string of the molecule is O=C(CN1C(=O)C(=c2sc3nc(-c4cccnc4)nn3c2=O)c2ccccc21)Nc1ccccc1. The second-order valence-electron chi connectivity index (χ2n) is 7.81. The summed E-state index contributed by atoms with van der Waals surface area (Å²) < 4.78 is 1.44. The number of hydrogen-bond donors (Lipinski definition) is 1. The summed E-state index contributed by atoms with van der Waals surface area (Å²) in [6.07, 6.45) is 3.26. The maximum absolute atomic E-state index is 13.5. The molecule has 2 amide bonds. The normalized spacial score (nSPS) is 14.4. The average molecular weight is 481 g/mol. The summed E-state index contributed by atoms with van der Waals surface area (Å²) in [5.74, 6) is -0.370. The van der Waals surface area contributed by atoms with Crippen molar-refractivity contribution in [1.82, 2.24) is 19.6 Å². The molecule has 0 fully saturated rings. The number of carbonyl (C=O) groups excluding carboxylic acids is 2. The van der Waals surface area contributed by atoms with Gasteiger partial charge < -0.3 is 5.32 Å². The predicted octanol–water partition coefficient (Wildman–Crippen LogP) is 2.12. The molecule has 1 N–H and O–H groups in total. The summed E-state index contributed by atoms with van der Waals surface area (Å²) in [7, 11) is 0. The highest BCUT2D eigenvalue weighted by Gasteiger charge is 2.35. The Morgan fingerprint density at radius 1 is 0.971 bits per heavy atom. The molecule has 10 heteroatoms. The molecular weight excluding hydrogens is 464 g/mol. The number of hydrogen-bond acceptors (Lipinski definition) is 7. The predicted molar refractivity (Wildman–Crippen MR) is 132 cm³/mol. The first-order valence-electron chi connectivity index (χ1n) is 10.7. The zero-order valence-corrected chi connectivity index (χ0v) is 18.9. The minimum atomic E-state index is -0.429. The van der Waals surface area contributed by atoms with E-state index in [2.05, 4.69) is 20.4 Å². The first-order chi connectivity index (χ1) is 17.1. The van der Waals surface area contributed by atoms with Gasteiger partial charge in [-0.25, -0.2) is 0 Å². The van der Waals surface area contributed by atoms with Gasteiger partial charge in [-0.05, 0) is 30.3 Å². The van der Waals surface area contributed by atoms with E-state index in [-0.39, 0.29) is 22.6 Å². The molecule has 1 aliphatic rings. The molecule has 0 saturated heterocycles. The van der Waals surface area contributed by atoms with E-state index in [1.54, 1.807) is 54.9 Å². The Morgan fingerprint density at radius 3 is 2.54 bits per heavy atom. The number of nitrogens with zero attached hydrogens (tertiary/aromatic N) is 5. The van der Waals surface area contributed by atoms with Crippen LogP contribution in [0, 0.1) is 0 Å². The number of pyridine rings is 1. The standard InChI is InChI=1S/C25H16N6O3S/c32-19(27-16-8-2-1-3-9-16)14-30-18-11-5-4-10-17(18)20(23(30)33)21-24(34)31-25(35-21)28-22(29-31)15-7-6-12-26-13-15/h1-13H,14H2,(H,27,32). The van der Waals surface area contributed by atoms with Gasteiger partial charge in [-0.2, -0.15) is 9.50 Å². The average Bonchev–Trinajstić information content (AvgIpc) is 3.51. The van der Waals surface area contributed by atoms with Crippen molar-refractivity contribution in [1.29, 1.82) is 0 Å². The molecule has 0 bridgehead atoms. The van der Waals surface area contributed by atoms with Crippen LogP contribution in [0.25, 0.3) is 21.9 Å². The number of amides is 2. The molecule has 6 rings (SSSR count). The number of aromatic nitrogens is 4. The summed E-state index contributed by atoms with van der Waals surface area (Å²) in [6, 6.07) is 19.7. The monoisotopic (exact) mass is 480 g/mol. The van der Waals surface area contributed by atoms with Gasteiger partial charge in [0, 0.05) is 29.2 Å². The summed E-state index contributed by atoms with van der Waals surface area (Å²) in [4.78, 5) is 49.8. The van der Waals surface area contributed by atoms with E-state index in [1.807, 2.05) is 24.3 Å². The van der Waals surface area contributed by atoms with E-state index in [1.165, 1.54) is 9.42 Å². The summed E-state index contributed by atoms with van der Waals surface area (Å²) in [5, 5.41) is 7.13. The fraction of sp³-hybridized carbons (Fsp3) is 0.0400. The van der Waals surface area contributed by atoms with E-state index in [0.717, 1.165) is 11.3 Å². The van der Waals surface area contributed by atoms with Crippen LogP contribution in [0.4, 0.5) is 11.4 Å². The smallest absolute Gasteiger partial charge is 0.291 e. The second-order valence-corrected chi connectivity index (χ2v) is 8.78. The number of benzene rings is 2. The van der Waals surface area contributed by atoms with Crippen LogP contribution in [0.3, 0.4) is 0 Å². The molecule has 2 aromatic carbocycles. The van der Waals surface area contributed by atoms with Crippen LogP contribution >= 0.6 is 11.3 Å². The maximum Gasteiger partial charge on any atom is 0.291 e. The molecule has 3 aromatic heterocycles. The fourth-order valence-corrected chi connectivity index (χ4v) is 5.02. The third-order valence-electron chi connectivity index (χ3n) is 5.59. The van der Waals surface area contributed by atoms with Gasteiger partial charge in [-0.3, -0.25) is 24.3 Å². The number of anilines is 2. The highest BCUT2D eigenvalue weighted by atomic mass is 32.1. The molecule has 4 heterocycles. The molecule has 0 unspecified atom stereocenters. The third kappa shape index (κ3) is 3.56. The van der Waals surface area contributed by atoms with Crippen molar-refractivity contribution in [2.75, 3.05) is 16.8 Å². The lowest BCUT2D eigenvalue weighted by atomic mass is 10.1. The van der Waals surface area contributed by atoms with Crippen LogP contribution in [-0.4, -0.2) is 37.9 Å². The summed E-state index contributed by atoms with van der Waals surface area (Å²) >= 11 is 1.10. The van der Waals surface area contributed by atoms with E-state index in [9.17, 15) is 14.4 Å². The largest absolute Gasteiger partial charge is 0.325 e. The van der Waals surface area contributed by atoms with Gasteiger partial charge in [0.1, 0.15) is 11.1 Å². The lowest BCUT2D eigenvalue weighted by Crippen LogP contribution is -2.37. The molecule has 0 radical (unpaired) electrons.